The van der Waals surface area contributed by atoms with Gasteiger partial charge in [-0.25, -0.2) is 9.97 Å². The van der Waals surface area contributed by atoms with Crippen molar-refractivity contribution in [2.45, 2.75) is 26.4 Å². The number of nitrogens with zero attached hydrogens (tertiary/aromatic N) is 4. The molecule has 4 rings (SSSR count). The van der Waals surface area contributed by atoms with E-state index in [4.69, 9.17) is 0 Å². The molecule has 0 saturated carbocycles. The Labute approximate surface area is 142 Å². The van der Waals surface area contributed by atoms with Crippen LogP contribution in [-0.2, 0) is 0 Å². The second-order valence-corrected chi connectivity index (χ2v) is 6.52. The van der Waals surface area contributed by atoms with Crippen molar-refractivity contribution in [2.24, 2.45) is 0 Å². The minimum Gasteiger partial charge on any atom is -0.313 e. The average Bonchev–Trinajstić information content (AvgIpc) is 2.82. The van der Waals surface area contributed by atoms with Crippen LogP contribution in [0, 0.1) is 6.92 Å². The summed E-state index contributed by atoms with van der Waals surface area (Å²) in [6.07, 6.45) is 3.52. The molecular formula is C20H20N4. The summed E-state index contributed by atoms with van der Waals surface area (Å²) in [4.78, 5) is 13.5. The van der Waals surface area contributed by atoms with Gasteiger partial charge in [-0.15, -0.1) is 0 Å². The first-order valence-electron chi connectivity index (χ1n) is 8.12. The zero-order valence-electron chi connectivity index (χ0n) is 14.1. The zero-order valence-corrected chi connectivity index (χ0v) is 14.1. The van der Waals surface area contributed by atoms with Gasteiger partial charge in [-0.3, -0.25) is 0 Å². The third kappa shape index (κ3) is 2.07. The molecule has 0 spiro atoms. The van der Waals surface area contributed by atoms with Crippen molar-refractivity contribution in [3.05, 3.63) is 72.7 Å². The number of hydrogen-bond acceptors (Lipinski definition) is 4. The Hall–Kier alpha value is -2.88. The molecule has 0 unspecified atom stereocenters. The molecule has 120 valence electrons. The maximum absolute atomic E-state index is 4.59. The van der Waals surface area contributed by atoms with Gasteiger partial charge in [0.05, 0.1) is 6.20 Å². The molecule has 0 saturated heterocycles. The summed E-state index contributed by atoms with van der Waals surface area (Å²) >= 11 is 0. The van der Waals surface area contributed by atoms with Crippen molar-refractivity contribution in [1.29, 1.82) is 0 Å². The Morgan fingerprint density at radius 3 is 2.29 bits per heavy atom. The Bertz CT molecular complexity index is 874. The molecular weight excluding hydrogens is 296 g/mol. The molecule has 0 bridgehead atoms. The minimum atomic E-state index is -0.300. The van der Waals surface area contributed by atoms with E-state index in [2.05, 4.69) is 89.1 Å². The summed E-state index contributed by atoms with van der Waals surface area (Å²) in [6, 6.07) is 18.8. The minimum absolute atomic E-state index is 0.300. The van der Waals surface area contributed by atoms with E-state index in [-0.39, 0.29) is 5.66 Å². The highest BCUT2D eigenvalue weighted by Crippen LogP contribution is 2.51. The molecule has 2 heterocycles. The lowest BCUT2D eigenvalue weighted by molar-refractivity contribution is 0.537. The second-order valence-electron chi connectivity index (χ2n) is 6.52. The van der Waals surface area contributed by atoms with Crippen LogP contribution in [0.2, 0.25) is 0 Å². The van der Waals surface area contributed by atoms with Gasteiger partial charge in [-0.1, -0.05) is 36.4 Å². The van der Waals surface area contributed by atoms with Crippen molar-refractivity contribution >= 4 is 22.9 Å². The van der Waals surface area contributed by atoms with E-state index in [1.165, 1.54) is 11.3 Å². The molecule has 4 nitrogen and oxygen atoms in total. The lowest BCUT2D eigenvalue weighted by Crippen LogP contribution is -2.48. The summed E-state index contributed by atoms with van der Waals surface area (Å²) in [5.41, 5.74) is 4.26. The molecule has 1 aliphatic rings. The molecule has 1 aliphatic heterocycles. The highest BCUT2D eigenvalue weighted by molar-refractivity contribution is 5.87. The topological polar surface area (TPSA) is 32.3 Å². The van der Waals surface area contributed by atoms with Crippen LogP contribution >= 0.6 is 0 Å². The zero-order chi connectivity index (χ0) is 16.7. The van der Waals surface area contributed by atoms with Crippen molar-refractivity contribution in [1.82, 2.24) is 9.97 Å². The van der Waals surface area contributed by atoms with Gasteiger partial charge >= 0.3 is 0 Å². The predicted octanol–water partition coefficient (Wildman–Crippen LogP) is 4.81. The number of benzene rings is 2. The smallest absolute Gasteiger partial charge is 0.162 e. The van der Waals surface area contributed by atoms with Gasteiger partial charge in [0.2, 0.25) is 0 Å². The van der Waals surface area contributed by atoms with E-state index in [1.54, 1.807) is 6.33 Å². The third-order valence-electron chi connectivity index (χ3n) is 4.59. The van der Waals surface area contributed by atoms with Crippen LogP contribution in [0.3, 0.4) is 0 Å². The highest BCUT2D eigenvalue weighted by Gasteiger charge is 2.45. The molecule has 0 radical (unpaired) electrons. The van der Waals surface area contributed by atoms with Crippen LogP contribution in [0.25, 0.3) is 0 Å². The van der Waals surface area contributed by atoms with Gasteiger partial charge in [0.1, 0.15) is 17.7 Å². The van der Waals surface area contributed by atoms with Crippen molar-refractivity contribution in [2.75, 3.05) is 9.80 Å². The van der Waals surface area contributed by atoms with Crippen molar-refractivity contribution < 1.29 is 0 Å². The average molecular weight is 316 g/mol. The lowest BCUT2D eigenvalue weighted by Gasteiger charge is -2.40. The van der Waals surface area contributed by atoms with E-state index in [0.717, 1.165) is 17.2 Å². The number of fused-ring (bicyclic) bond motifs is 1. The number of para-hydroxylation sites is 2. The van der Waals surface area contributed by atoms with Gasteiger partial charge < -0.3 is 9.80 Å². The van der Waals surface area contributed by atoms with Crippen LogP contribution in [-0.4, -0.2) is 15.6 Å². The fourth-order valence-corrected chi connectivity index (χ4v) is 3.55. The van der Waals surface area contributed by atoms with Gasteiger partial charge in [0.25, 0.3) is 0 Å². The molecule has 3 aromatic rings. The molecule has 4 heteroatoms. The number of aryl methyl sites for hydroxylation is 1. The Balaban J connectivity index is 1.96. The molecule has 0 aliphatic carbocycles. The first-order valence-corrected chi connectivity index (χ1v) is 8.12. The summed E-state index contributed by atoms with van der Waals surface area (Å²) < 4.78 is 0. The molecule has 0 amide bonds. The Kier molecular flexibility index (Phi) is 3.27. The van der Waals surface area contributed by atoms with Crippen molar-refractivity contribution in [3.8, 4) is 0 Å². The SMILES string of the molecule is Cc1ccccc1N1c2cncnc2N(c2ccccc2)C1(C)C. The second kappa shape index (κ2) is 5.34. The summed E-state index contributed by atoms with van der Waals surface area (Å²) in [6.45, 7) is 6.57. The van der Waals surface area contributed by atoms with Gasteiger partial charge in [-0.2, -0.15) is 0 Å². The first-order chi connectivity index (χ1) is 11.6. The number of anilines is 4. The maximum atomic E-state index is 4.59. The quantitative estimate of drug-likeness (QED) is 0.679. The van der Waals surface area contributed by atoms with Gasteiger partial charge in [-0.05, 0) is 44.5 Å². The molecule has 0 N–H and O–H groups in total. The molecule has 0 atom stereocenters. The van der Waals surface area contributed by atoms with Crippen LogP contribution in [0.1, 0.15) is 19.4 Å². The third-order valence-corrected chi connectivity index (χ3v) is 4.59. The van der Waals surface area contributed by atoms with Gasteiger partial charge in [0.15, 0.2) is 5.82 Å². The number of rotatable bonds is 2. The molecule has 1 aromatic heterocycles. The summed E-state index contributed by atoms with van der Waals surface area (Å²) in [5.74, 6) is 0.935. The maximum Gasteiger partial charge on any atom is 0.162 e. The highest BCUT2D eigenvalue weighted by atomic mass is 15.5. The number of aromatic nitrogens is 2. The Morgan fingerprint density at radius 1 is 0.833 bits per heavy atom. The predicted molar refractivity (Wildman–Crippen MR) is 98.0 cm³/mol. The van der Waals surface area contributed by atoms with Crippen molar-refractivity contribution in [3.63, 3.8) is 0 Å². The lowest BCUT2D eigenvalue weighted by atomic mass is 10.1. The van der Waals surface area contributed by atoms with E-state index in [1.807, 2.05) is 12.3 Å². The fraction of sp³-hybridized carbons (Fsp3) is 0.200. The Morgan fingerprint density at radius 2 is 1.54 bits per heavy atom. The molecule has 2 aromatic carbocycles. The van der Waals surface area contributed by atoms with Crippen LogP contribution < -0.4 is 9.80 Å². The van der Waals surface area contributed by atoms with Gasteiger partial charge in [0, 0.05) is 11.4 Å². The molecule has 24 heavy (non-hydrogen) atoms. The molecule has 0 fully saturated rings. The van der Waals surface area contributed by atoms with Crippen LogP contribution in [0.15, 0.2) is 67.1 Å². The number of hydrogen-bond donors (Lipinski definition) is 0. The fourth-order valence-electron chi connectivity index (χ4n) is 3.55. The summed E-state index contributed by atoms with van der Waals surface area (Å²) in [7, 11) is 0. The van der Waals surface area contributed by atoms with E-state index >= 15 is 0 Å². The monoisotopic (exact) mass is 316 g/mol. The normalized spacial score (nSPS) is 15.5. The largest absolute Gasteiger partial charge is 0.313 e. The van der Waals surface area contributed by atoms with Crippen LogP contribution in [0.5, 0.6) is 0 Å². The van der Waals surface area contributed by atoms with E-state index < -0.39 is 0 Å². The van der Waals surface area contributed by atoms with E-state index in [9.17, 15) is 0 Å². The standard InChI is InChI=1S/C20H20N4/c1-15-9-7-8-12-17(15)24-18-13-21-14-22-19(18)23(20(24,2)3)16-10-5-4-6-11-16/h4-14H,1-3H3. The van der Waals surface area contributed by atoms with E-state index in [0.29, 0.717) is 0 Å². The van der Waals surface area contributed by atoms with Crippen LogP contribution in [0.4, 0.5) is 22.9 Å². The first kappa shape index (κ1) is 14.7. The summed E-state index contributed by atoms with van der Waals surface area (Å²) in [5, 5.41) is 0.